The first-order valence-corrected chi connectivity index (χ1v) is 12.8. The van der Waals surface area contributed by atoms with Crippen LogP contribution in [0.3, 0.4) is 0 Å². The van der Waals surface area contributed by atoms with E-state index in [1.165, 1.54) is 5.56 Å². The molecule has 1 aliphatic rings. The van der Waals surface area contributed by atoms with Crippen molar-refractivity contribution in [3.63, 3.8) is 0 Å². The SMILES string of the molecule is COc1ccc(NC(=O)N2CCN(C[C@H](OCc3cccc(C)c3)c3ccc(Cl)cc3)CC2)c(OC)c1. The number of carbonyl (C=O) groups excluding carboxylic acids is 1. The fraction of sp³-hybridized carbons (Fsp3) is 0.345. The zero-order valence-electron chi connectivity index (χ0n) is 21.6. The Morgan fingerprint density at radius 3 is 2.41 bits per heavy atom. The number of benzene rings is 3. The van der Waals surface area contributed by atoms with E-state index < -0.39 is 0 Å². The number of nitrogens with one attached hydrogen (secondary N) is 1. The Bertz CT molecular complexity index is 1180. The minimum atomic E-state index is -0.145. The summed E-state index contributed by atoms with van der Waals surface area (Å²) in [6, 6.07) is 21.4. The Kier molecular flexibility index (Phi) is 9.28. The second-order valence-corrected chi connectivity index (χ2v) is 9.56. The number of nitrogens with zero attached hydrogens (tertiary/aromatic N) is 2. The summed E-state index contributed by atoms with van der Waals surface area (Å²) in [5.74, 6) is 1.23. The lowest BCUT2D eigenvalue weighted by molar-refractivity contribution is 0.00592. The maximum atomic E-state index is 12.9. The molecule has 4 rings (SSSR count). The van der Waals surface area contributed by atoms with Crippen LogP contribution < -0.4 is 14.8 Å². The van der Waals surface area contributed by atoms with Crippen LogP contribution in [0.15, 0.2) is 66.7 Å². The molecular formula is C29H34ClN3O4. The van der Waals surface area contributed by atoms with E-state index in [9.17, 15) is 4.79 Å². The number of ether oxygens (including phenoxy) is 3. The second-order valence-electron chi connectivity index (χ2n) is 9.12. The summed E-state index contributed by atoms with van der Waals surface area (Å²) < 4.78 is 17.0. The van der Waals surface area contributed by atoms with Crippen LogP contribution in [0.1, 0.15) is 22.8 Å². The summed E-state index contributed by atoms with van der Waals surface area (Å²) in [5.41, 5.74) is 4.06. The highest BCUT2D eigenvalue weighted by atomic mass is 35.5. The maximum absolute atomic E-state index is 12.9. The van der Waals surface area contributed by atoms with E-state index in [-0.39, 0.29) is 12.1 Å². The van der Waals surface area contributed by atoms with E-state index in [0.29, 0.717) is 41.9 Å². The lowest BCUT2D eigenvalue weighted by atomic mass is 10.1. The van der Waals surface area contributed by atoms with Crippen molar-refractivity contribution < 1.29 is 19.0 Å². The summed E-state index contributed by atoms with van der Waals surface area (Å²) in [5, 5.41) is 3.67. The van der Waals surface area contributed by atoms with Gasteiger partial charge in [-0.25, -0.2) is 4.79 Å². The molecule has 196 valence electrons. The number of piperazine rings is 1. The van der Waals surface area contributed by atoms with Crippen molar-refractivity contribution in [2.75, 3.05) is 52.3 Å². The third-order valence-electron chi connectivity index (χ3n) is 6.51. The van der Waals surface area contributed by atoms with Crippen LogP contribution in [0.5, 0.6) is 11.5 Å². The van der Waals surface area contributed by atoms with Crippen LogP contribution in [-0.4, -0.2) is 62.8 Å². The molecule has 1 heterocycles. The highest BCUT2D eigenvalue weighted by Gasteiger charge is 2.25. The molecule has 0 saturated carbocycles. The molecule has 3 aromatic carbocycles. The van der Waals surface area contributed by atoms with Crippen LogP contribution >= 0.6 is 11.6 Å². The van der Waals surface area contributed by atoms with Gasteiger partial charge < -0.3 is 24.4 Å². The normalized spacial score (nSPS) is 14.8. The Balaban J connectivity index is 1.35. The summed E-state index contributed by atoms with van der Waals surface area (Å²) in [6.45, 7) is 6.10. The first kappa shape index (κ1) is 26.8. The van der Waals surface area contributed by atoms with Crippen LogP contribution in [0, 0.1) is 6.92 Å². The monoisotopic (exact) mass is 523 g/mol. The van der Waals surface area contributed by atoms with Gasteiger partial charge in [-0.1, -0.05) is 53.6 Å². The number of hydrogen-bond donors (Lipinski definition) is 1. The Morgan fingerprint density at radius 2 is 1.73 bits per heavy atom. The van der Waals surface area contributed by atoms with Gasteiger partial charge in [-0.2, -0.15) is 0 Å². The zero-order valence-corrected chi connectivity index (χ0v) is 22.3. The van der Waals surface area contributed by atoms with Crippen LogP contribution in [0.2, 0.25) is 5.02 Å². The summed E-state index contributed by atoms with van der Waals surface area (Å²) in [6.07, 6.45) is -0.110. The molecule has 0 bridgehead atoms. The van der Waals surface area contributed by atoms with Crippen molar-refractivity contribution in [1.82, 2.24) is 9.80 Å². The topological polar surface area (TPSA) is 63.3 Å². The Morgan fingerprint density at radius 1 is 0.973 bits per heavy atom. The Hall–Kier alpha value is -3.26. The lowest BCUT2D eigenvalue weighted by Gasteiger charge is -2.36. The van der Waals surface area contributed by atoms with Gasteiger partial charge in [0.1, 0.15) is 11.5 Å². The van der Waals surface area contributed by atoms with Gasteiger partial charge >= 0.3 is 6.03 Å². The number of hydrogen-bond acceptors (Lipinski definition) is 5. The van der Waals surface area contributed by atoms with Gasteiger partial charge in [0.05, 0.1) is 32.6 Å². The molecule has 1 atom stereocenters. The van der Waals surface area contributed by atoms with Crippen molar-refractivity contribution in [1.29, 1.82) is 0 Å². The average Bonchev–Trinajstić information content (AvgIpc) is 2.92. The highest BCUT2D eigenvalue weighted by molar-refractivity contribution is 6.30. The van der Waals surface area contributed by atoms with E-state index in [1.807, 2.05) is 29.2 Å². The summed E-state index contributed by atoms with van der Waals surface area (Å²) in [4.78, 5) is 17.1. The van der Waals surface area contributed by atoms with Crippen LogP contribution in [0.25, 0.3) is 0 Å². The third-order valence-corrected chi connectivity index (χ3v) is 6.76. The average molecular weight is 524 g/mol. The summed E-state index contributed by atoms with van der Waals surface area (Å²) in [7, 11) is 3.17. The highest BCUT2D eigenvalue weighted by Crippen LogP contribution is 2.29. The molecule has 0 aromatic heterocycles. The largest absolute Gasteiger partial charge is 0.497 e. The number of urea groups is 1. The first-order chi connectivity index (χ1) is 17.9. The third kappa shape index (κ3) is 7.38. The quantitative estimate of drug-likeness (QED) is 0.385. The molecule has 7 nitrogen and oxygen atoms in total. The van der Waals surface area contributed by atoms with Gasteiger partial charge in [-0.15, -0.1) is 0 Å². The maximum Gasteiger partial charge on any atom is 0.322 e. The van der Waals surface area contributed by atoms with E-state index in [4.69, 9.17) is 25.8 Å². The second kappa shape index (κ2) is 12.8. The van der Waals surface area contributed by atoms with E-state index in [2.05, 4.69) is 41.4 Å². The molecule has 0 spiro atoms. The molecule has 1 aliphatic heterocycles. The van der Waals surface area contributed by atoms with Crippen molar-refractivity contribution in [3.05, 3.63) is 88.4 Å². The van der Waals surface area contributed by atoms with Crippen molar-refractivity contribution in [2.24, 2.45) is 0 Å². The number of carbonyl (C=O) groups is 1. The number of amides is 2. The van der Waals surface area contributed by atoms with Gasteiger partial charge in [0.25, 0.3) is 0 Å². The molecule has 37 heavy (non-hydrogen) atoms. The molecule has 3 aromatic rings. The molecule has 2 amide bonds. The molecule has 8 heteroatoms. The van der Waals surface area contributed by atoms with Gasteiger partial charge in [0.2, 0.25) is 0 Å². The molecule has 0 radical (unpaired) electrons. The minimum absolute atomic E-state index is 0.110. The zero-order chi connectivity index (χ0) is 26.2. The van der Waals surface area contributed by atoms with Gasteiger partial charge in [0.15, 0.2) is 0 Å². The number of rotatable bonds is 9. The van der Waals surface area contributed by atoms with Crippen molar-refractivity contribution >= 4 is 23.3 Å². The van der Waals surface area contributed by atoms with E-state index >= 15 is 0 Å². The molecule has 0 unspecified atom stereocenters. The minimum Gasteiger partial charge on any atom is -0.497 e. The fourth-order valence-corrected chi connectivity index (χ4v) is 4.52. The molecule has 1 saturated heterocycles. The molecular weight excluding hydrogens is 490 g/mol. The van der Waals surface area contributed by atoms with Gasteiger partial charge in [-0.05, 0) is 42.3 Å². The number of anilines is 1. The predicted octanol–water partition coefficient (Wildman–Crippen LogP) is 5.77. The predicted molar refractivity (Wildman–Crippen MR) is 147 cm³/mol. The van der Waals surface area contributed by atoms with Crippen molar-refractivity contribution in [3.8, 4) is 11.5 Å². The summed E-state index contributed by atoms with van der Waals surface area (Å²) >= 11 is 6.13. The van der Waals surface area contributed by atoms with E-state index in [1.54, 1.807) is 32.4 Å². The number of methoxy groups -OCH3 is 2. The Labute approximate surface area is 223 Å². The van der Waals surface area contributed by atoms with E-state index in [0.717, 1.165) is 30.8 Å². The van der Waals surface area contributed by atoms with Crippen LogP contribution in [-0.2, 0) is 11.3 Å². The van der Waals surface area contributed by atoms with Gasteiger partial charge in [0, 0.05) is 43.8 Å². The van der Waals surface area contributed by atoms with Crippen LogP contribution in [0.4, 0.5) is 10.5 Å². The standard InChI is InChI=1S/C29H34ClN3O4/c1-21-5-4-6-22(17-21)20-37-28(23-7-9-24(30)10-8-23)19-32-13-15-33(16-14-32)29(34)31-26-12-11-25(35-2)18-27(26)36-3/h4-12,17-18,28H,13-16,19-20H2,1-3H3,(H,31,34)/t28-/m0/s1. The molecule has 1 N–H and O–H groups in total. The molecule has 1 fully saturated rings. The fourth-order valence-electron chi connectivity index (χ4n) is 4.39. The lowest BCUT2D eigenvalue weighted by Crippen LogP contribution is -2.50. The first-order valence-electron chi connectivity index (χ1n) is 12.4. The van der Waals surface area contributed by atoms with Crippen molar-refractivity contribution in [2.45, 2.75) is 19.6 Å². The smallest absolute Gasteiger partial charge is 0.322 e. The number of halogens is 1. The molecule has 0 aliphatic carbocycles. The van der Waals surface area contributed by atoms with Gasteiger partial charge in [-0.3, -0.25) is 4.90 Å². The number of aryl methyl sites for hydroxylation is 1.